The Kier molecular flexibility index (Phi) is 8.35. The highest BCUT2D eigenvalue weighted by Crippen LogP contribution is 2.34. The summed E-state index contributed by atoms with van der Waals surface area (Å²) < 4.78 is 2.07. The second-order valence-electron chi connectivity index (χ2n) is 10.2. The number of amides is 2. The van der Waals surface area contributed by atoms with Gasteiger partial charge in [0.2, 0.25) is 5.91 Å². The molecule has 1 fully saturated rings. The van der Waals surface area contributed by atoms with Gasteiger partial charge in [-0.05, 0) is 54.2 Å². The van der Waals surface area contributed by atoms with Gasteiger partial charge in [-0.2, -0.15) is 0 Å². The quantitative estimate of drug-likeness (QED) is 0.382. The van der Waals surface area contributed by atoms with E-state index in [1.165, 1.54) is 4.57 Å². The van der Waals surface area contributed by atoms with Crippen LogP contribution in [0.15, 0.2) is 57.9 Å². The Labute approximate surface area is 231 Å². The summed E-state index contributed by atoms with van der Waals surface area (Å²) in [6.07, 6.45) is 1.64. The molecule has 1 saturated heterocycles. The van der Waals surface area contributed by atoms with Crippen molar-refractivity contribution in [2.45, 2.75) is 40.8 Å². The molecule has 8 nitrogen and oxygen atoms in total. The fourth-order valence-corrected chi connectivity index (χ4v) is 5.27. The number of anilines is 1. The van der Waals surface area contributed by atoms with Gasteiger partial charge in [0.25, 0.3) is 11.5 Å². The van der Waals surface area contributed by atoms with Gasteiger partial charge in [-0.1, -0.05) is 48.9 Å². The van der Waals surface area contributed by atoms with Crippen molar-refractivity contribution in [3.63, 3.8) is 0 Å². The third-order valence-electron chi connectivity index (χ3n) is 6.73. The van der Waals surface area contributed by atoms with Crippen LogP contribution in [0.25, 0.3) is 11.0 Å². The molecule has 4 rings (SSSR count). The number of benzene rings is 1. The van der Waals surface area contributed by atoms with Crippen molar-refractivity contribution in [1.29, 1.82) is 0 Å². The summed E-state index contributed by atoms with van der Waals surface area (Å²) in [4.78, 5) is 48.5. The third-order valence-corrected chi connectivity index (χ3v) is 7.31. The van der Waals surface area contributed by atoms with E-state index in [2.05, 4.69) is 44.6 Å². The molecule has 0 atom stereocenters. The molecule has 0 saturated carbocycles. The number of fused-ring (bicyclic) bond motifs is 1. The predicted molar refractivity (Wildman–Crippen MR) is 154 cm³/mol. The van der Waals surface area contributed by atoms with Crippen LogP contribution in [-0.2, 0) is 17.9 Å². The lowest BCUT2D eigenvalue weighted by molar-refractivity contribution is -0.137. The van der Waals surface area contributed by atoms with E-state index in [-0.39, 0.29) is 24.6 Å². The van der Waals surface area contributed by atoms with E-state index in [9.17, 15) is 14.4 Å². The SMILES string of the molecule is C=C(C)CN(CC)c1c(Br)cnc2c1cc(C(=O)NCc1ccc(C)cc1)c(=O)n2CC(=O)N1CC(C)C1. The number of carbonyl (C=O) groups excluding carboxylic acids is 2. The Hall–Kier alpha value is -3.46. The van der Waals surface area contributed by atoms with Crippen molar-refractivity contribution in [2.75, 3.05) is 31.1 Å². The molecule has 0 unspecified atom stereocenters. The lowest BCUT2D eigenvalue weighted by Crippen LogP contribution is -2.50. The maximum Gasteiger partial charge on any atom is 0.265 e. The number of hydrogen-bond acceptors (Lipinski definition) is 5. The molecule has 0 radical (unpaired) electrons. The molecule has 0 spiro atoms. The molecule has 9 heteroatoms. The number of likely N-dealkylation sites (tertiary alicyclic amines) is 1. The first kappa shape index (κ1) is 27.6. The molecule has 3 heterocycles. The zero-order chi connectivity index (χ0) is 27.6. The monoisotopic (exact) mass is 579 g/mol. The molecule has 1 N–H and O–H groups in total. The van der Waals surface area contributed by atoms with Gasteiger partial charge in [-0.25, -0.2) is 4.98 Å². The highest BCUT2D eigenvalue weighted by molar-refractivity contribution is 9.10. The topological polar surface area (TPSA) is 87.5 Å². The van der Waals surface area contributed by atoms with Gasteiger partial charge in [-0.15, -0.1) is 0 Å². The van der Waals surface area contributed by atoms with E-state index >= 15 is 0 Å². The third kappa shape index (κ3) is 5.83. The van der Waals surface area contributed by atoms with Crippen molar-refractivity contribution >= 4 is 44.5 Å². The van der Waals surface area contributed by atoms with Crippen LogP contribution < -0.4 is 15.8 Å². The summed E-state index contributed by atoms with van der Waals surface area (Å²) in [5.74, 6) is -0.221. The minimum atomic E-state index is -0.537. The molecule has 2 amide bonds. The van der Waals surface area contributed by atoms with Crippen molar-refractivity contribution in [2.24, 2.45) is 5.92 Å². The van der Waals surface area contributed by atoms with E-state index in [0.717, 1.165) is 26.9 Å². The van der Waals surface area contributed by atoms with E-state index in [4.69, 9.17) is 0 Å². The number of nitrogens with zero attached hydrogens (tertiary/aromatic N) is 4. The van der Waals surface area contributed by atoms with Gasteiger partial charge in [0.15, 0.2) is 0 Å². The van der Waals surface area contributed by atoms with Crippen molar-refractivity contribution < 1.29 is 9.59 Å². The summed E-state index contributed by atoms with van der Waals surface area (Å²) in [7, 11) is 0. The van der Waals surface area contributed by atoms with Crippen LogP contribution in [0.3, 0.4) is 0 Å². The van der Waals surface area contributed by atoms with Crippen molar-refractivity contribution in [3.8, 4) is 0 Å². The fourth-order valence-electron chi connectivity index (χ4n) is 4.71. The number of rotatable bonds is 9. The average molecular weight is 581 g/mol. The summed E-state index contributed by atoms with van der Waals surface area (Å²) in [5, 5.41) is 3.49. The Balaban J connectivity index is 1.81. The zero-order valence-corrected chi connectivity index (χ0v) is 24.0. The van der Waals surface area contributed by atoms with Crippen molar-refractivity contribution in [1.82, 2.24) is 19.8 Å². The molecule has 3 aromatic rings. The van der Waals surface area contributed by atoms with Gasteiger partial charge < -0.3 is 15.1 Å². The molecule has 200 valence electrons. The van der Waals surface area contributed by atoms with E-state index in [0.29, 0.717) is 43.1 Å². The molecule has 2 aromatic heterocycles. The highest BCUT2D eigenvalue weighted by Gasteiger charge is 2.29. The van der Waals surface area contributed by atoms with Gasteiger partial charge in [0.1, 0.15) is 17.8 Å². The number of carbonyl (C=O) groups is 2. The number of halogens is 1. The first-order valence-corrected chi connectivity index (χ1v) is 13.6. The van der Waals surface area contributed by atoms with Crippen LogP contribution in [0.1, 0.15) is 42.3 Å². The summed E-state index contributed by atoms with van der Waals surface area (Å²) >= 11 is 3.62. The van der Waals surface area contributed by atoms with E-state index in [1.807, 2.05) is 45.0 Å². The standard InChI is InChI=1S/C29H34BrN5O3/c1-6-33(14-18(2)3)26-22-11-23(28(37)32-12-21-9-7-19(4)8-10-21)29(38)35(27(22)31-13-24(26)30)17-25(36)34-15-20(5)16-34/h7-11,13,20H,2,6,12,14-17H2,1,3-5H3,(H,32,37). The number of aromatic nitrogens is 2. The van der Waals surface area contributed by atoms with E-state index in [1.54, 1.807) is 17.2 Å². The van der Waals surface area contributed by atoms with Crippen LogP contribution in [-0.4, -0.2) is 52.4 Å². The Morgan fingerprint density at radius 3 is 2.53 bits per heavy atom. The van der Waals surface area contributed by atoms with Gasteiger partial charge in [-0.3, -0.25) is 19.0 Å². The normalized spacial score (nSPS) is 13.3. The minimum Gasteiger partial charge on any atom is -0.366 e. The second-order valence-corrected chi connectivity index (χ2v) is 11.0. The lowest BCUT2D eigenvalue weighted by Gasteiger charge is -2.37. The molecule has 1 aliphatic heterocycles. The van der Waals surface area contributed by atoms with Crippen LogP contribution >= 0.6 is 15.9 Å². The number of likely N-dealkylation sites (N-methyl/N-ethyl adjacent to an activating group) is 1. The molecular formula is C29H34BrN5O3. The van der Waals surface area contributed by atoms with Crippen LogP contribution in [0.4, 0.5) is 5.69 Å². The summed E-state index contributed by atoms with van der Waals surface area (Å²) in [6, 6.07) is 9.43. The number of nitrogens with one attached hydrogen (secondary N) is 1. The maximum absolute atomic E-state index is 13.7. The molecule has 1 aliphatic rings. The number of hydrogen-bond donors (Lipinski definition) is 1. The van der Waals surface area contributed by atoms with E-state index < -0.39 is 11.5 Å². The minimum absolute atomic E-state index is 0.0260. The average Bonchev–Trinajstić information content (AvgIpc) is 2.86. The summed E-state index contributed by atoms with van der Waals surface area (Å²) in [6.45, 7) is 14.8. The highest BCUT2D eigenvalue weighted by atomic mass is 79.9. The van der Waals surface area contributed by atoms with Gasteiger partial charge in [0, 0.05) is 44.3 Å². The zero-order valence-electron chi connectivity index (χ0n) is 22.4. The first-order valence-electron chi connectivity index (χ1n) is 12.8. The maximum atomic E-state index is 13.7. The first-order chi connectivity index (χ1) is 18.1. The van der Waals surface area contributed by atoms with Crippen LogP contribution in [0.5, 0.6) is 0 Å². The summed E-state index contributed by atoms with van der Waals surface area (Å²) in [5.41, 5.74) is 3.62. The molecular weight excluding hydrogens is 546 g/mol. The molecule has 1 aromatic carbocycles. The predicted octanol–water partition coefficient (Wildman–Crippen LogP) is 4.28. The molecule has 38 heavy (non-hydrogen) atoms. The Bertz CT molecular complexity index is 1440. The fraction of sp³-hybridized carbons (Fsp3) is 0.379. The van der Waals surface area contributed by atoms with Gasteiger partial charge in [0.05, 0.1) is 10.2 Å². The second kappa shape index (κ2) is 11.5. The number of aryl methyl sites for hydroxylation is 1. The van der Waals surface area contributed by atoms with Crippen LogP contribution in [0.2, 0.25) is 0 Å². The molecule has 0 aliphatic carbocycles. The lowest BCUT2D eigenvalue weighted by atomic mass is 10.0. The van der Waals surface area contributed by atoms with Crippen molar-refractivity contribution in [3.05, 3.63) is 80.2 Å². The smallest absolute Gasteiger partial charge is 0.265 e. The Morgan fingerprint density at radius 2 is 1.92 bits per heavy atom. The Morgan fingerprint density at radius 1 is 1.24 bits per heavy atom. The largest absolute Gasteiger partial charge is 0.366 e. The van der Waals surface area contributed by atoms with Gasteiger partial charge >= 0.3 is 0 Å². The van der Waals surface area contributed by atoms with Crippen LogP contribution in [0, 0.1) is 12.8 Å². The molecule has 0 bridgehead atoms. The number of pyridine rings is 2.